The number of rotatable bonds is 3. The standard InChI is InChI=1S/C14H19N5O3S/c1-10-7-12(20)17-13(16-10)14(2)5-4-6-19(14)23(21,22)11-8-15-18(3)9-11/h7-9H,4-6H2,1-3H3,(H,16,17,20)/t14-/m0/s1. The minimum absolute atomic E-state index is 0.142. The molecule has 3 heterocycles. The van der Waals surface area contributed by atoms with Crippen molar-refractivity contribution in [3.8, 4) is 0 Å². The van der Waals surface area contributed by atoms with E-state index in [1.807, 2.05) is 0 Å². The molecule has 1 fully saturated rings. The van der Waals surface area contributed by atoms with Gasteiger partial charge in [-0.3, -0.25) is 9.48 Å². The van der Waals surface area contributed by atoms with Gasteiger partial charge >= 0.3 is 0 Å². The van der Waals surface area contributed by atoms with Crippen LogP contribution in [0.15, 0.2) is 28.2 Å². The topological polar surface area (TPSA) is 101 Å². The highest BCUT2D eigenvalue weighted by atomic mass is 32.2. The molecule has 0 radical (unpaired) electrons. The average Bonchev–Trinajstić information content (AvgIpc) is 3.05. The first kappa shape index (κ1) is 15.9. The van der Waals surface area contributed by atoms with Crippen molar-refractivity contribution in [3.63, 3.8) is 0 Å². The summed E-state index contributed by atoms with van der Waals surface area (Å²) in [5.74, 6) is 0.382. The lowest BCUT2D eigenvalue weighted by Crippen LogP contribution is -2.44. The monoisotopic (exact) mass is 337 g/mol. The molecule has 0 aromatic carbocycles. The second kappa shape index (κ2) is 5.27. The number of hydrogen-bond acceptors (Lipinski definition) is 5. The molecule has 1 saturated heterocycles. The number of aromatic amines is 1. The third kappa shape index (κ3) is 2.59. The number of sulfonamides is 1. The van der Waals surface area contributed by atoms with Crippen LogP contribution in [0.2, 0.25) is 0 Å². The van der Waals surface area contributed by atoms with Gasteiger partial charge in [0.05, 0.1) is 11.7 Å². The maximum absolute atomic E-state index is 13.0. The van der Waals surface area contributed by atoms with Crippen molar-refractivity contribution in [2.45, 2.75) is 37.1 Å². The Balaban J connectivity index is 2.10. The Hall–Kier alpha value is -2.00. The lowest BCUT2D eigenvalue weighted by molar-refractivity contribution is 0.254. The van der Waals surface area contributed by atoms with Crippen LogP contribution in [0.3, 0.4) is 0 Å². The van der Waals surface area contributed by atoms with E-state index >= 15 is 0 Å². The number of aromatic nitrogens is 4. The van der Waals surface area contributed by atoms with Crippen LogP contribution in [0, 0.1) is 6.92 Å². The maximum Gasteiger partial charge on any atom is 0.251 e. The third-order valence-corrected chi connectivity index (χ3v) is 6.20. The Bertz CT molecular complexity index is 901. The first-order chi connectivity index (χ1) is 10.7. The van der Waals surface area contributed by atoms with Crippen LogP contribution >= 0.6 is 0 Å². The fourth-order valence-corrected chi connectivity index (χ4v) is 4.85. The van der Waals surface area contributed by atoms with Crippen LogP contribution in [-0.2, 0) is 22.6 Å². The van der Waals surface area contributed by atoms with Crippen molar-refractivity contribution < 1.29 is 8.42 Å². The van der Waals surface area contributed by atoms with Crippen molar-refractivity contribution in [2.75, 3.05) is 6.54 Å². The lowest BCUT2D eigenvalue weighted by Gasteiger charge is -2.33. The molecule has 0 bridgehead atoms. The summed E-state index contributed by atoms with van der Waals surface area (Å²) in [6, 6.07) is 1.39. The minimum Gasteiger partial charge on any atom is -0.309 e. The van der Waals surface area contributed by atoms with Gasteiger partial charge in [-0.2, -0.15) is 9.40 Å². The van der Waals surface area contributed by atoms with Crippen molar-refractivity contribution in [3.05, 3.63) is 40.3 Å². The summed E-state index contributed by atoms with van der Waals surface area (Å²) in [5.41, 5.74) is -0.588. The molecular formula is C14H19N5O3S. The summed E-state index contributed by atoms with van der Waals surface area (Å²) < 4.78 is 28.8. The van der Waals surface area contributed by atoms with E-state index < -0.39 is 15.6 Å². The van der Waals surface area contributed by atoms with Gasteiger partial charge in [-0.1, -0.05) is 0 Å². The molecule has 2 aromatic rings. The van der Waals surface area contributed by atoms with Crippen LogP contribution in [0.4, 0.5) is 0 Å². The molecule has 1 aliphatic heterocycles. The fourth-order valence-electron chi connectivity index (χ4n) is 3.05. The SMILES string of the molecule is Cc1cc(=O)[nH]c([C@]2(C)CCCN2S(=O)(=O)c2cnn(C)c2)n1. The first-order valence-corrected chi connectivity index (χ1v) is 8.77. The average molecular weight is 337 g/mol. The smallest absolute Gasteiger partial charge is 0.251 e. The largest absolute Gasteiger partial charge is 0.309 e. The molecule has 124 valence electrons. The van der Waals surface area contributed by atoms with Crippen LogP contribution in [0.1, 0.15) is 31.3 Å². The van der Waals surface area contributed by atoms with Gasteiger partial charge in [-0.05, 0) is 26.7 Å². The van der Waals surface area contributed by atoms with E-state index in [2.05, 4.69) is 15.1 Å². The van der Waals surface area contributed by atoms with E-state index in [0.717, 1.165) is 0 Å². The zero-order valence-electron chi connectivity index (χ0n) is 13.3. The predicted octanol–water partition coefficient (Wildman–Crippen LogP) is 0.512. The van der Waals surface area contributed by atoms with Crippen molar-refractivity contribution in [1.29, 1.82) is 0 Å². The van der Waals surface area contributed by atoms with E-state index in [1.165, 1.54) is 27.4 Å². The molecule has 1 aliphatic rings. The lowest BCUT2D eigenvalue weighted by atomic mass is 9.99. The van der Waals surface area contributed by atoms with E-state index in [4.69, 9.17) is 0 Å². The number of H-pyrrole nitrogens is 1. The van der Waals surface area contributed by atoms with E-state index in [1.54, 1.807) is 20.9 Å². The van der Waals surface area contributed by atoms with E-state index in [9.17, 15) is 13.2 Å². The zero-order chi connectivity index (χ0) is 16.8. The Morgan fingerprint density at radius 2 is 2.13 bits per heavy atom. The summed E-state index contributed by atoms with van der Waals surface area (Å²) in [4.78, 5) is 19.0. The van der Waals surface area contributed by atoms with Crippen molar-refractivity contribution >= 4 is 10.0 Å². The number of aryl methyl sites for hydroxylation is 2. The first-order valence-electron chi connectivity index (χ1n) is 7.33. The molecule has 2 aromatic heterocycles. The summed E-state index contributed by atoms with van der Waals surface area (Å²) in [7, 11) is -2.04. The Morgan fingerprint density at radius 3 is 2.74 bits per heavy atom. The molecule has 9 heteroatoms. The minimum atomic E-state index is -3.71. The molecule has 0 amide bonds. The highest BCUT2D eigenvalue weighted by Gasteiger charge is 2.47. The van der Waals surface area contributed by atoms with Gasteiger partial charge in [0.1, 0.15) is 10.7 Å². The second-order valence-corrected chi connectivity index (χ2v) is 7.90. The number of nitrogens with one attached hydrogen (secondary N) is 1. The van der Waals surface area contributed by atoms with Gasteiger partial charge in [0.25, 0.3) is 5.56 Å². The van der Waals surface area contributed by atoms with E-state index in [0.29, 0.717) is 30.9 Å². The molecule has 0 spiro atoms. The predicted molar refractivity (Wildman–Crippen MR) is 83.3 cm³/mol. The van der Waals surface area contributed by atoms with Gasteiger partial charge in [0.15, 0.2) is 0 Å². The van der Waals surface area contributed by atoms with Crippen molar-refractivity contribution in [2.24, 2.45) is 7.05 Å². The number of hydrogen-bond donors (Lipinski definition) is 1. The molecule has 3 rings (SSSR count). The van der Waals surface area contributed by atoms with Gasteiger partial charge in [0.2, 0.25) is 10.0 Å². The molecule has 23 heavy (non-hydrogen) atoms. The zero-order valence-corrected chi connectivity index (χ0v) is 14.1. The summed E-state index contributed by atoms with van der Waals surface area (Å²) in [5, 5.41) is 3.94. The Kier molecular flexibility index (Phi) is 3.64. The highest BCUT2D eigenvalue weighted by Crippen LogP contribution is 2.40. The van der Waals surface area contributed by atoms with Gasteiger partial charge in [0, 0.05) is 31.5 Å². The summed E-state index contributed by atoms with van der Waals surface area (Å²) >= 11 is 0. The van der Waals surface area contributed by atoms with Gasteiger partial charge in [-0.25, -0.2) is 13.4 Å². The van der Waals surface area contributed by atoms with Gasteiger partial charge < -0.3 is 4.98 Å². The van der Waals surface area contributed by atoms with Crippen LogP contribution in [0.25, 0.3) is 0 Å². The Labute approximate surface area is 134 Å². The fraction of sp³-hybridized carbons (Fsp3) is 0.500. The highest BCUT2D eigenvalue weighted by molar-refractivity contribution is 7.89. The van der Waals surface area contributed by atoms with Gasteiger partial charge in [-0.15, -0.1) is 0 Å². The molecule has 1 atom stereocenters. The molecule has 0 unspecified atom stereocenters. The van der Waals surface area contributed by atoms with Crippen molar-refractivity contribution in [1.82, 2.24) is 24.1 Å². The summed E-state index contributed by atoms with van der Waals surface area (Å²) in [6.45, 7) is 3.90. The molecule has 8 nitrogen and oxygen atoms in total. The Morgan fingerprint density at radius 1 is 1.39 bits per heavy atom. The third-order valence-electron chi connectivity index (χ3n) is 4.22. The maximum atomic E-state index is 13.0. The van der Waals surface area contributed by atoms with Crippen LogP contribution in [0.5, 0.6) is 0 Å². The number of nitrogens with zero attached hydrogens (tertiary/aromatic N) is 4. The molecule has 0 aliphatic carbocycles. The quantitative estimate of drug-likeness (QED) is 0.879. The van der Waals surface area contributed by atoms with E-state index in [-0.39, 0.29) is 10.5 Å². The molecule has 0 saturated carbocycles. The second-order valence-electron chi connectivity index (χ2n) is 6.04. The summed E-state index contributed by atoms with van der Waals surface area (Å²) in [6.07, 6.45) is 4.10. The molecule has 1 N–H and O–H groups in total. The molecular weight excluding hydrogens is 318 g/mol. The van der Waals surface area contributed by atoms with Crippen LogP contribution < -0.4 is 5.56 Å². The normalized spacial score (nSPS) is 22.6. The van der Waals surface area contributed by atoms with Crippen LogP contribution in [-0.4, -0.2) is 39.0 Å².